The molecule has 0 radical (unpaired) electrons. The Hall–Kier alpha value is -3.72. The number of hydrogen-bond acceptors (Lipinski definition) is 7. The first-order chi connectivity index (χ1) is 17.0. The Bertz CT molecular complexity index is 1190. The molecule has 2 N–H and O–H groups in total. The van der Waals surface area contributed by atoms with E-state index >= 15 is 0 Å². The van der Waals surface area contributed by atoms with Crippen molar-refractivity contribution in [1.29, 1.82) is 0 Å². The molecule has 1 aromatic heterocycles. The molecule has 0 unspecified atom stereocenters. The molecule has 9 heteroatoms. The van der Waals surface area contributed by atoms with Crippen molar-refractivity contribution >= 4 is 34.0 Å². The van der Waals surface area contributed by atoms with E-state index in [1.165, 1.54) is 11.3 Å². The van der Waals surface area contributed by atoms with Gasteiger partial charge in [0.25, 0.3) is 5.91 Å². The van der Waals surface area contributed by atoms with E-state index in [1.54, 1.807) is 32.1 Å². The van der Waals surface area contributed by atoms with Gasteiger partial charge in [-0.3, -0.25) is 4.79 Å². The van der Waals surface area contributed by atoms with Gasteiger partial charge in [-0.2, -0.15) is 0 Å². The summed E-state index contributed by atoms with van der Waals surface area (Å²) in [6.07, 6.45) is 0.247. The molecule has 35 heavy (non-hydrogen) atoms. The number of hydrogen-bond donors (Lipinski definition) is 2. The number of nitrogens with one attached hydrogen (secondary N) is 2. The second kappa shape index (κ2) is 11.1. The molecule has 2 heterocycles. The predicted molar refractivity (Wildman–Crippen MR) is 137 cm³/mol. The zero-order chi connectivity index (χ0) is 24.8. The third-order valence-electron chi connectivity index (χ3n) is 5.75. The van der Waals surface area contributed by atoms with Crippen LogP contribution in [0.1, 0.15) is 33.3 Å². The van der Waals surface area contributed by atoms with Gasteiger partial charge in [0.15, 0.2) is 0 Å². The summed E-state index contributed by atoms with van der Waals surface area (Å²) in [5.41, 5.74) is 3.29. The van der Waals surface area contributed by atoms with Crippen molar-refractivity contribution in [2.24, 2.45) is 0 Å². The quantitative estimate of drug-likeness (QED) is 0.450. The van der Waals surface area contributed by atoms with Crippen LogP contribution in [0.15, 0.2) is 48.5 Å². The summed E-state index contributed by atoms with van der Waals surface area (Å²) in [5.74, 6) is 1.26. The monoisotopic (exact) mass is 495 g/mol. The van der Waals surface area contributed by atoms with Crippen molar-refractivity contribution in [3.8, 4) is 11.5 Å². The SMILES string of the molecule is CCOC(=O)N1CCc2c(sc(NCc3ccc(OC)cc3)c2C(=O)Nc2cccc(OC)c2)C1. The molecule has 0 fully saturated rings. The second-order valence-corrected chi connectivity index (χ2v) is 9.07. The summed E-state index contributed by atoms with van der Waals surface area (Å²) in [5, 5.41) is 7.22. The summed E-state index contributed by atoms with van der Waals surface area (Å²) < 4.78 is 15.7. The number of nitrogens with zero attached hydrogens (tertiary/aromatic N) is 1. The maximum absolute atomic E-state index is 13.5. The van der Waals surface area contributed by atoms with Crippen molar-refractivity contribution in [3.05, 3.63) is 70.1 Å². The fourth-order valence-electron chi connectivity index (χ4n) is 3.96. The minimum atomic E-state index is -0.332. The van der Waals surface area contributed by atoms with E-state index in [1.807, 2.05) is 42.5 Å². The Kier molecular flexibility index (Phi) is 7.77. The summed E-state index contributed by atoms with van der Waals surface area (Å²) in [7, 11) is 3.23. The van der Waals surface area contributed by atoms with Gasteiger partial charge in [0.05, 0.1) is 32.9 Å². The van der Waals surface area contributed by atoms with Crippen LogP contribution in [0.2, 0.25) is 0 Å². The summed E-state index contributed by atoms with van der Waals surface area (Å²) in [4.78, 5) is 28.4. The molecule has 0 aliphatic carbocycles. The highest BCUT2D eigenvalue weighted by Crippen LogP contribution is 2.38. The highest BCUT2D eigenvalue weighted by atomic mass is 32.1. The fraction of sp³-hybridized carbons (Fsp3) is 0.308. The predicted octanol–water partition coefficient (Wildman–Crippen LogP) is 5.14. The summed E-state index contributed by atoms with van der Waals surface area (Å²) >= 11 is 1.50. The van der Waals surface area contributed by atoms with Crippen LogP contribution in [0.25, 0.3) is 0 Å². The van der Waals surface area contributed by atoms with Gasteiger partial charge in [0.2, 0.25) is 0 Å². The topological polar surface area (TPSA) is 89.1 Å². The smallest absolute Gasteiger partial charge is 0.410 e. The summed E-state index contributed by atoms with van der Waals surface area (Å²) in [6.45, 7) is 3.59. The largest absolute Gasteiger partial charge is 0.497 e. The maximum atomic E-state index is 13.5. The average Bonchev–Trinajstić information content (AvgIpc) is 3.25. The molecule has 8 nitrogen and oxygen atoms in total. The Morgan fingerprint density at radius 1 is 1.06 bits per heavy atom. The molecule has 0 saturated carbocycles. The maximum Gasteiger partial charge on any atom is 0.410 e. The molecule has 1 aliphatic heterocycles. The minimum Gasteiger partial charge on any atom is -0.497 e. The first-order valence-corrected chi connectivity index (χ1v) is 12.2. The third kappa shape index (κ3) is 5.68. The van der Waals surface area contributed by atoms with Gasteiger partial charge in [-0.25, -0.2) is 4.79 Å². The minimum absolute atomic E-state index is 0.197. The van der Waals surface area contributed by atoms with E-state index in [2.05, 4.69) is 10.6 Å². The third-order valence-corrected chi connectivity index (χ3v) is 6.92. The number of carbonyl (C=O) groups is 2. The Labute approximate surface area is 208 Å². The van der Waals surface area contributed by atoms with E-state index in [-0.39, 0.29) is 12.0 Å². The van der Waals surface area contributed by atoms with E-state index in [0.717, 1.165) is 26.8 Å². The van der Waals surface area contributed by atoms with Gasteiger partial charge in [0, 0.05) is 29.7 Å². The van der Waals surface area contributed by atoms with Crippen LogP contribution >= 0.6 is 11.3 Å². The van der Waals surface area contributed by atoms with Gasteiger partial charge in [-0.15, -0.1) is 11.3 Å². The number of carbonyl (C=O) groups excluding carboxylic acids is 2. The van der Waals surface area contributed by atoms with Crippen molar-refractivity contribution < 1.29 is 23.8 Å². The lowest BCUT2D eigenvalue weighted by Gasteiger charge is -2.26. The Balaban J connectivity index is 1.60. The Morgan fingerprint density at radius 2 is 1.83 bits per heavy atom. The highest BCUT2D eigenvalue weighted by Gasteiger charge is 2.30. The zero-order valence-electron chi connectivity index (χ0n) is 20.1. The number of ether oxygens (including phenoxy) is 3. The number of anilines is 2. The molecule has 3 aromatic rings. The van der Waals surface area contributed by atoms with Crippen LogP contribution in [-0.2, 0) is 24.2 Å². The van der Waals surface area contributed by atoms with Gasteiger partial charge in [-0.1, -0.05) is 18.2 Å². The van der Waals surface area contributed by atoms with Crippen LogP contribution in [0.3, 0.4) is 0 Å². The first-order valence-electron chi connectivity index (χ1n) is 11.4. The van der Waals surface area contributed by atoms with Crippen LogP contribution in [-0.4, -0.2) is 44.3 Å². The van der Waals surface area contributed by atoms with Gasteiger partial charge >= 0.3 is 6.09 Å². The molecular weight excluding hydrogens is 466 g/mol. The van der Waals surface area contributed by atoms with E-state index in [0.29, 0.717) is 49.7 Å². The normalized spacial score (nSPS) is 12.5. The first kappa shape index (κ1) is 24.4. The number of methoxy groups -OCH3 is 2. The van der Waals surface area contributed by atoms with E-state index < -0.39 is 0 Å². The lowest BCUT2D eigenvalue weighted by molar-refractivity contribution is 0.102. The van der Waals surface area contributed by atoms with Crippen LogP contribution in [0.5, 0.6) is 11.5 Å². The zero-order valence-corrected chi connectivity index (χ0v) is 20.9. The van der Waals surface area contributed by atoms with E-state index in [4.69, 9.17) is 14.2 Å². The number of amides is 2. The van der Waals surface area contributed by atoms with Crippen molar-refractivity contribution in [2.75, 3.05) is 38.0 Å². The van der Waals surface area contributed by atoms with Crippen molar-refractivity contribution in [3.63, 3.8) is 0 Å². The molecule has 0 atom stereocenters. The molecule has 184 valence electrons. The lowest BCUT2D eigenvalue weighted by Crippen LogP contribution is -2.36. The van der Waals surface area contributed by atoms with Crippen molar-refractivity contribution in [2.45, 2.75) is 26.4 Å². The number of benzene rings is 2. The lowest BCUT2D eigenvalue weighted by atomic mass is 10.0. The molecule has 2 aromatic carbocycles. The number of thiophene rings is 1. The van der Waals surface area contributed by atoms with Crippen LogP contribution in [0, 0.1) is 0 Å². The van der Waals surface area contributed by atoms with Crippen LogP contribution < -0.4 is 20.1 Å². The van der Waals surface area contributed by atoms with Crippen LogP contribution in [0.4, 0.5) is 15.5 Å². The molecule has 0 spiro atoms. The average molecular weight is 496 g/mol. The van der Waals surface area contributed by atoms with Crippen molar-refractivity contribution in [1.82, 2.24) is 4.90 Å². The molecular formula is C26H29N3O5S. The molecule has 4 rings (SSSR count). The standard InChI is InChI=1S/C26H29N3O5S/c1-4-34-26(31)29-13-12-21-22(16-29)35-25(27-15-17-8-10-19(32-2)11-9-17)23(21)24(30)28-18-6-5-7-20(14-18)33-3/h5-11,14,27H,4,12-13,15-16H2,1-3H3,(H,28,30). The Morgan fingerprint density at radius 3 is 2.54 bits per heavy atom. The van der Waals surface area contributed by atoms with E-state index in [9.17, 15) is 9.59 Å². The highest BCUT2D eigenvalue weighted by molar-refractivity contribution is 7.16. The van der Waals surface area contributed by atoms with Gasteiger partial charge < -0.3 is 29.7 Å². The number of fused-ring (bicyclic) bond motifs is 1. The fourth-order valence-corrected chi connectivity index (χ4v) is 5.22. The molecule has 0 bridgehead atoms. The van der Waals surface area contributed by atoms with Gasteiger partial charge in [0.1, 0.15) is 16.5 Å². The molecule has 2 amide bonds. The summed E-state index contributed by atoms with van der Waals surface area (Å²) in [6, 6.07) is 15.0. The second-order valence-electron chi connectivity index (χ2n) is 7.97. The number of rotatable bonds is 8. The van der Waals surface area contributed by atoms with Gasteiger partial charge in [-0.05, 0) is 48.7 Å². The molecule has 0 saturated heterocycles. The molecule has 1 aliphatic rings.